The number of ketones is 1. The molecule has 1 saturated heterocycles. The molecule has 12 unspecified atom stereocenters. The highest BCUT2D eigenvalue weighted by Gasteiger charge is 2.47. The Hall–Kier alpha value is -1.62. The summed E-state index contributed by atoms with van der Waals surface area (Å²) in [5.41, 5.74) is 0.909. The summed E-state index contributed by atoms with van der Waals surface area (Å²) in [6.07, 6.45) is 1.09. The zero-order chi connectivity index (χ0) is 30.3. The number of aliphatic hydroxyl groups excluding tert-OH is 3. The second-order valence-electron chi connectivity index (χ2n) is 12.1. The van der Waals surface area contributed by atoms with Crippen LogP contribution >= 0.6 is 0 Å². The van der Waals surface area contributed by atoms with Crippen LogP contribution in [-0.2, 0) is 23.8 Å². The van der Waals surface area contributed by atoms with Crippen molar-refractivity contribution < 1.29 is 39.1 Å². The molecule has 0 aromatic heterocycles. The van der Waals surface area contributed by atoms with Crippen molar-refractivity contribution in [2.45, 2.75) is 123 Å². The van der Waals surface area contributed by atoms with Gasteiger partial charge < -0.3 is 34.4 Å². The number of allylic oxidation sites excluding steroid dienone is 3. The van der Waals surface area contributed by atoms with Crippen LogP contribution in [0.15, 0.2) is 23.8 Å². The van der Waals surface area contributed by atoms with Crippen LogP contribution in [-0.4, -0.2) is 95.0 Å². The number of nitrogens with zero attached hydrogens (tertiary/aromatic N) is 1. The van der Waals surface area contributed by atoms with Gasteiger partial charge in [0.15, 0.2) is 12.1 Å². The summed E-state index contributed by atoms with van der Waals surface area (Å²) in [6.45, 7) is 13.2. The maximum atomic E-state index is 13.1. The third-order valence-electron chi connectivity index (χ3n) is 8.64. The molecule has 3 N–H and O–H groups in total. The van der Waals surface area contributed by atoms with E-state index in [1.54, 1.807) is 38.1 Å². The number of carbonyl (C=O) groups excluding carboxylic acids is 2. The lowest BCUT2D eigenvalue weighted by atomic mass is 9.80. The number of aliphatic hydroxyl groups is 3. The largest absolute Gasteiger partial charge is 0.462 e. The van der Waals surface area contributed by atoms with Gasteiger partial charge in [0.2, 0.25) is 0 Å². The topological polar surface area (TPSA) is 126 Å². The summed E-state index contributed by atoms with van der Waals surface area (Å²) < 4.78 is 18.2. The van der Waals surface area contributed by atoms with Crippen LogP contribution < -0.4 is 0 Å². The van der Waals surface area contributed by atoms with Gasteiger partial charge in [0.05, 0.1) is 36.9 Å². The molecule has 0 aliphatic carbocycles. The van der Waals surface area contributed by atoms with Crippen LogP contribution in [0, 0.1) is 23.7 Å². The second kappa shape index (κ2) is 15.6. The number of hydrogen-bond donors (Lipinski definition) is 3. The van der Waals surface area contributed by atoms with E-state index in [-0.39, 0.29) is 36.1 Å². The predicted molar refractivity (Wildman–Crippen MR) is 153 cm³/mol. The zero-order valence-electron chi connectivity index (χ0n) is 25.8. The van der Waals surface area contributed by atoms with Gasteiger partial charge in [-0.15, -0.1) is 0 Å². The zero-order valence-corrected chi connectivity index (χ0v) is 25.8. The van der Waals surface area contributed by atoms with Gasteiger partial charge in [0.25, 0.3) is 0 Å². The van der Waals surface area contributed by atoms with Crippen LogP contribution in [0.5, 0.6) is 0 Å². The van der Waals surface area contributed by atoms with E-state index in [0.717, 1.165) is 5.57 Å². The molecule has 230 valence electrons. The number of carbonyl (C=O) groups is 2. The minimum absolute atomic E-state index is 0.00487. The lowest BCUT2D eigenvalue weighted by molar-refractivity contribution is -0.304. The molecule has 40 heavy (non-hydrogen) atoms. The highest BCUT2D eigenvalue weighted by atomic mass is 16.7. The lowest BCUT2D eigenvalue weighted by Crippen LogP contribution is -2.63. The van der Waals surface area contributed by atoms with E-state index in [4.69, 9.17) is 14.2 Å². The molecule has 0 bridgehead atoms. The van der Waals surface area contributed by atoms with Crippen LogP contribution in [0.1, 0.15) is 74.1 Å². The molecule has 9 heteroatoms. The summed E-state index contributed by atoms with van der Waals surface area (Å²) in [5, 5.41) is 33.0. The van der Waals surface area contributed by atoms with E-state index in [9.17, 15) is 24.9 Å². The van der Waals surface area contributed by atoms with E-state index >= 15 is 0 Å². The fourth-order valence-electron chi connectivity index (χ4n) is 5.97. The van der Waals surface area contributed by atoms with E-state index in [0.29, 0.717) is 19.3 Å². The van der Waals surface area contributed by atoms with Crippen molar-refractivity contribution in [1.82, 2.24) is 4.90 Å². The molecule has 0 aromatic rings. The molecule has 1 fully saturated rings. The SMILES string of the molecule is CCC1CC(C)C(=O)/C=C\C(C)=C\C(C)C(CC)OC(=O)CC(O)C(C)C1OC1OC(C)C(O)C(N(C)C)C1O. The molecular weight excluding hydrogens is 514 g/mol. The van der Waals surface area contributed by atoms with Crippen molar-refractivity contribution in [1.29, 1.82) is 0 Å². The van der Waals surface area contributed by atoms with Crippen molar-refractivity contribution in [3.8, 4) is 0 Å². The first-order valence-corrected chi connectivity index (χ1v) is 14.8. The Morgan fingerprint density at radius 2 is 1.65 bits per heavy atom. The van der Waals surface area contributed by atoms with Gasteiger partial charge in [-0.05, 0) is 52.8 Å². The second-order valence-corrected chi connectivity index (χ2v) is 12.1. The molecule has 2 rings (SSSR count). The molecule has 9 nitrogen and oxygen atoms in total. The molecule has 12 atom stereocenters. The minimum Gasteiger partial charge on any atom is -0.462 e. The predicted octanol–water partition coefficient (Wildman–Crippen LogP) is 3.25. The third-order valence-corrected chi connectivity index (χ3v) is 8.64. The van der Waals surface area contributed by atoms with Gasteiger partial charge in [-0.1, -0.05) is 58.8 Å². The van der Waals surface area contributed by atoms with Crippen LogP contribution in [0.25, 0.3) is 0 Å². The van der Waals surface area contributed by atoms with Crippen molar-refractivity contribution in [3.05, 3.63) is 23.8 Å². The molecular formula is C31H53NO8. The van der Waals surface area contributed by atoms with Crippen LogP contribution in [0.2, 0.25) is 0 Å². The summed E-state index contributed by atoms with van der Waals surface area (Å²) in [4.78, 5) is 27.7. The molecule has 0 spiro atoms. The van der Waals surface area contributed by atoms with Crippen molar-refractivity contribution in [2.24, 2.45) is 23.7 Å². The molecule has 2 aliphatic rings. The highest BCUT2D eigenvalue weighted by molar-refractivity contribution is 5.91. The van der Waals surface area contributed by atoms with Gasteiger partial charge in [-0.25, -0.2) is 0 Å². The van der Waals surface area contributed by atoms with E-state index < -0.39 is 54.7 Å². The summed E-state index contributed by atoms with van der Waals surface area (Å²) in [6, 6.07) is -0.620. The Labute approximate surface area is 240 Å². The molecule has 0 radical (unpaired) electrons. The lowest BCUT2D eigenvalue weighted by Gasteiger charge is -2.46. The van der Waals surface area contributed by atoms with Gasteiger partial charge in [-0.3, -0.25) is 9.59 Å². The number of cyclic esters (lactones) is 1. The Kier molecular flexibility index (Phi) is 13.5. The molecule has 0 saturated carbocycles. The average Bonchev–Trinajstić information content (AvgIpc) is 2.89. The summed E-state index contributed by atoms with van der Waals surface area (Å²) in [5.74, 6) is -1.60. The molecule has 2 aliphatic heterocycles. The molecule has 0 aromatic carbocycles. The van der Waals surface area contributed by atoms with Crippen LogP contribution in [0.4, 0.5) is 0 Å². The summed E-state index contributed by atoms with van der Waals surface area (Å²) in [7, 11) is 3.54. The fourth-order valence-corrected chi connectivity index (χ4v) is 5.97. The first kappa shape index (κ1) is 34.6. The first-order valence-electron chi connectivity index (χ1n) is 14.8. The van der Waals surface area contributed by atoms with Crippen molar-refractivity contribution in [3.63, 3.8) is 0 Å². The normalized spacial score (nSPS) is 43.2. The number of rotatable bonds is 5. The van der Waals surface area contributed by atoms with Crippen molar-refractivity contribution in [2.75, 3.05) is 14.1 Å². The Morgan fingerprint density at radius 3 is 2.23 bits per heavy atom. The third kappa shape index (κ3) is 8.94. The fraction of sp³-hybridized carbons (Fsp3) is 0.806. The number of esters is 1. The first-order chi connectivity index (χ1) is 18.7. The Morgan fingerprint density at radius 1 is 1.00 bits per heavy atom. The smallest absolute Gasteiger partial charge is 0.308 e. The number of hydrogen-bond acceptors (Lipinski definition) is 9. The highest BCUT2D eigenvalue weighted by Crippen LogP contribution is 2.34. The van der Waals surface area contributed by atoms with Gasteiger partial charge >= 0.3 is 5.97 Å². The van der Waals surface area contributed by atoms with E-state index in [1.165, 1.54) is 0 Å². The average molecular weight is 568 g/mol. The maximum absolute atomic E-state index is 13.1. The molecule has 2 heterocycles. The van der Waals surface area contributed by atoms with Gasteiger partial charge in [-0.2, -0.15) is 0 Å². The Balaban J connectivity index is 2.45. The molecule has 0 amide bonds. The van der Waals surface area contributed by atoms with Crippen LogP contribution in [0.3, 0.4) is 0 Å². The number of likely N-dealkylation sites (N-methyl/N-ethyl adjacent to an activating group) is 1. The maximum Gasteiger partial charge on any atom is 0.308 e. The van der Waals surface area contributed by atoms with Crippen molar-refractivity contribution >= 4 is 11.8 Å². The van der Waals surface area contributed by atoms with Gasteiger partial charge in [0.1, 0.15) is 12.2 Å². The summed E-state index contributed by atoms with van der Waals surface area (Å²) >= 11 is 0. The standard InChI is InChI=1S/C31H53NO8/c1-10-22-15-18(4)23(33)13-12-17(3)14-19(5)25(11-2)39-26(35)16-24(34)20(6)30(22)40-31-29(37)27(32(8)9)28(36)21(7)38-31/h12-14,18-22,24-25,27-31,34,36-37H,10-11,15-16H2,1-9H3/b13-12-,17-14+. The van der Waals surface area contributed by atoms with E-state index in [2.05, 4.69) is 0 Å². The minimum atomic E-state index is -1.16. The Bertz CT molecular complexity index is 889. The monoisotopic (exact) mass is 567 g/mol. The van der Waals surface area contributed by atoms with Gasteiger partial charge in [0, 0.05) is 17.8 Å². The van der Waals surface area contributed by atoms with E-state index in [1.807, 2.05) is 47.6 Å². The number of ether oxygens (including phenoxy) is 3. The quantitative estimate of drug-likeness (QED) is 0.429.